The van der Waals surface area contributed by atoms with Crippen LogP contribution in [-0.2, 0) is 0 Å². The topological polar surface area (TPSA) is 20.7 Å². The molecule has 0 saturated carbocycles. The average Bonchev–Trinajstić information content (AvgIpc) is 2.68. The highest BCUT2D eigenvalue weighted by atomic mass is 79.9. The Hall–Kier alpha value is -1.46. The number of imidazole rings is 1. The molecule has 0 aliphatic carbocycles. The van der Waals surface area contributed by atoms with Crippen LogP contribution in [0.5, 0.6) is 0 Å². The number of aryl methyl sites for hydroxylation is 1. The van der Waals surface area contributed by atoms with Crippen molar-refractivity contribution >= 4 is 39.2 Å². The molecule has 1 aromatic heterocycles. The van der Waals surface area contributed by atoms with Crippen LogP contribution in [0.2, 0.25) is 0 Å². The highest BCUT2D eigenvalue weighted by Gasteiger charge is 2.11. The Bertz CT molecular complexity index is 835. The lowest BCUT2D eigenvalue weighted by atomic mass is 10.2. The van der Waals surface area contributed by atoms with E-state index >= 15 is 0 Å². The number of rotatable bonds is 1. The molecule has 3 rings (SSSR count). The Morgan fingerprint density at radius 3 is 2.79 bits per heavy atom. The maximum atomic E-state index is 14.0. The average molecular weight is 337 g/mol. The zero-order valence-corrected chi connectivity index (χ0v) is 12.5. The van der Waals surface area contributed by atoms with E-state index in [1.54, 1.807) is 16.7 Å². The number of nitrogens with one attached hydrogen (secondary N) is 1. The second kappa shape index (κ2) is 4.58. The molecule has 0 spiro atoms. The Kier molecular flexibility index (Phi) is 3.03. The number of aromatic nitrogens is 2. The number of fused-ring (bicyclic) bond motifs is 1. The fourth-order valence-corrected chi connectivity index (χ4v) is 2.76. The van der Waals surface area contributed by atoms with Crippen LogP contribution in [0, 0.1) is 17.5 Å². The molecule has 0 saturated heterocycles. The number of halogens is 2. The number of H-pyrrole nitrogens is 1. The van der Waals surface area contributed by atoms with Gasteiger partial charge in [-0.25, -0.2) is 4.39 Å². The summed E-state index contributed by atoms with van der Waals surface area (Å²) in [6.45, 7) is 1.93. The van der Waals surface area contributed by atoms with Crippen LogP contribution in [0.1, 0.15) is 5.56 Å². The lowest BCUT2D eigenvalue weighted by Crippen LogP contribution is -1.98. The molecule has 2 aromatic carbocycles. The van der Waals surface area contributed by atoms with Gasteiger partial charge in [-0.05, 0) is 55.0 Å². The molecule has 1 N–H and O–H groups in total. The summed E-state index contributed by atoms with van der Waals surface area (Å²) in [5, 5.41) is 0. The van der Waals surface area contributed by atoms with Gasteiger partial charge < -0.3 is 4.98 Å². The molecule has 0 radical (unpaired) electrons. The van der Waals surface area contributed by atoms with Gasteiger partial charge in [-0.2, -0.15) is 0 Å². The molecule has 0 aliphatic heterocycles. The van der Waals surface area contributed by atoms with Crippen molar-refractivity contribution < 1.29 is 4.39 Å². The monoisotopic (exact) mass is 336 g/mol. The molecule has 0 fully saturated rings. The first-order valence-electron chi connectivity index (χ1n) is 5.73. The van der Waals surface area contributed by atoms with E-state index in [0.29, 0.717) is 10.5 Å². The minimum atomic E-state index is -0.289. The zero-order valence-electron chi connectivity index (χ0n) is 10.1. The minimum Gasteiger partial charge on any atom is -0.330 e. The normalized spacial score (nSPS) is 11.1. The second-order valence-corrected chi connectivity index (χ2v) is 5.68. The molecule has 0 atom stereocenters. The van der Waals surface area contributed by atoms with E-state index in [1.165, 1.54) is 6.07 Å². The Balaban J connectivity index is 2.42. The number of benzene rings is 2. The van der Waals surface area contributed by atoms with E-state index < -0.39 is 0 Å². The summed E-state index contributed by atoms with van der Waals surface area (Å²) < 4.78 is 17.2. The third-order valence-corrected chi connectivity index (χ3v) is 3.77. The van der Waals surface area contributed by atoms with Crippen molar-refractivity contribution in [2.75, 3.05) is 0 Å². The van der Waals surface area contributed by atoms with Gasteiger partial charge in [0.1, 0.15) is 5.82 Å². The summed E-state index contributed by atoms with van der Waals surface area (Å²) in [5.41, 5.74) is 3.19. The van der Waals surface area contributed by atoms with Gasteiger partial charge >= 0.3 is 0 Å². The van der Waals surface area contributed by atoms with E-state index in [9.17, 15) is 4.39 Å². The summed E-state index contributed by atoms with van der Waals surface area (Å²) in [6, 6.07) is 10.8. The van der Waals surface area contributed by atoms with E-state index in [2.05, 4.69) is 20.9 Å². The summed E-state index contributed by atoms with van der Waals surface area (Å²) in [4.78, 5) is 3.09. The van der Waals surface area contributed by atoms with Gasteiger partial charge in [-0.3, -0.25) is 4.57 Å². The predicted molar refractivity (Wildman–Crippen MR) is 80.9 cm³/mol. The maximum Gasteiger partial charge on any atom is 0.182 e. The van der Waals surface area contributed by atoms with Crippen LogP contribution in [0.25, 0.3) is 16.7 Å². The summed E-state index contributed by atoms with van der Waals surface area (Å²) in [7, 11) is 0. The van der Waals surface area contributed by atoms with Gasteiger partial charge in [0.15, 0.2) is 4.77 Å². The third-order valence-electron chi connectivity index (χ3n) is 2.99. The standard InChI is InChI=1S/C14H10BrFN2S/c1-8-2-4-10(16)12(6-8)18-13-7-9(15)3-5-11(13)17-14(18)19/h2-7H,1H3,(H,17,19). The van der Waals surface area contributed by atoms with Crippen molar-refractivity contribution in [2.24, 2.45) is 0 Å². The van der Waals surface area contributed by atoms with E-state index in [0.717, 1.165) is 21.1 Å². The fourth-order valence-electron chi connectivity index (χ4n) is 2.11. The van der Waals surface area contributed by atoms with Crippen LogP contribution < -0.4 is 0 Å². The van der Waals surface area contributed by atoms with Gasteiger partial charge in [0, 0.05) is 4.47 Å². The third kappa shape index (κ3) is 2.13. The van der Waals surface area contributed by atoms with Crippen LogP contribution in [0.15, 0.2) is 40.9 Å². The van der Waals surface area contributed by atoms with E-state index in [1.807, 2.05) is 25.1 Å². The molecular weight excluding hydrogens is 327 g/mol. The highest BCUT2D eigenvalue weighted by Crippen LogP contribution is 2.25. The number of aromatic amines is 1. The van der Waals surface area contributed by atoms with Crippen LogP contribution >= 0.6 is 28.1 Å². The van der Waals surface area contributed by atoms with Crippen molar-refractivity contribution in [3.8, 4) is 5.69 Å². The van der Waals surface area contributed by atoms with Crippen molar-refractivity contribution in [1.82, 2.24) is 9.55 Å². The Morgan fingerprint density at radius 1 is 1.21 bits per heavy atom. The van der Waals surface area contributed by atoms with Crippen LogP contribution in [-0.4, -0.2) is 9.55 Å². The molecule has 0 bridgehead atoms. The number of hydrogen-bond acceptors (Lipinski definition) is 1. The van der Waals surface area contributed by atoms with Gasteiger partial charge in [0.05, 0.1) is 16.7 Å². The second-order valence-electron chi connectivity index (χ2n) is 4.38. The molecule has 19 heavy (non-hydrogen) atoms. The molecule has 0 unspecified atom stereocenters. The van der Waals surface area contributed by atoms with Crippen LogP contribution in [0.3, 0.4) is 0 Å². The summed E-state index contributed by atoms with van der Waals surface area (Å²) in [5.74, 6) is -0.289. The Morgan fingerprint density at radius 2 is 2.00 bits per heavy atom. The van der Waals surface area contributed by atoms with Crippen molar-refractivity contribution in [3.63, 3.8) is 0 Å². The largest absolute Gasteiger partial charge is 0.330 e. The van der Waals surface area contributed by atoms with E-state index in [-0.39, 0.29) is 5.82 Å². The fraction of sp³-hybridized carbons (Fsp3) is 0.0714. The van der Waals surface area contributed by atoms with Crippen molar-refractivity contribution in [1.29, 1.82) is 0 Å². The quantitative estimate of drug-likeness (QED) is 0.627. The number of hydrogen-bond donors (Lipinski definition) is 1. The minimum absolute atomic E-state index is 0.289. The van der Waals surface area contributed by atoms with Gasteiger partial charge in [0.25, 0.3) is 0 Å². The molecular formula is C14H10BrFN2S. The molecule has 96 valence electrons. The Labute approximate surface area is 123 Å². The van der Waals surface area contributed by atoms with Gasteiger partial charge in [-0.15, -0.1) is 0 Å². The molecule has 3 aromatic rings. The van der Waals surface area contributed by atoms with Gasteiger partial charge in [-0.1, -0.05) is 22.0 Å². The predicted octanol–water partition coefficient (Wildman–Crippen LogP) is 4.90. The van der Waals surface area contributed by atoms with Crippen LogP contribution in [0.4, 0.5) is 4.39 Å². The van der Waals surface area contributed by atoms with E-state index in [4.69, 9.17) is 12.2 Å². The maximum absolute atomic E-state index is 14.0. The smallest absolute Gasteiger partial charge is 0.182 e. The SMILES string of the molecule is Cc1ccc(F)c(-n2c(=S)[nH]c3ccc(Br)cc32)c1. The number of nitrogens with zero attached hydrogens (tertiary/aromatic N) is 1. The molecule has 1 heterocycles. The molecule has 0 amide bonds. The highest BCUT2D eigenvalue weighted by molar-refractivity contribution is 9.10. The summed E-state index contributed by atoms with van der Waals surface area (Å²) in [6.07, 6.45) is 0. The first-order chi connectivity index (χ1) is 9.06. The lowest BCUT2D eigenvalue weighted by molar-refractivity contribution is 0.618. The van der Waals surface area contributed by atoms with Crippen molar-refractivity contribution in [2.45, 2.75) is 6.92 Å². The van der Waals surface area contributed by atoms with Crippen molar-refractivity contribution in [3.05, 3.63) is 57.0 Å². The first-order valence-corrected chi connectivity index (χ1v) is 6.93. The molecule has 5 heteroatoms. The lowest BCUT2D eigenvalue weighted by Gasteiger charge is -2.07. The van der Waals surface area contributed by atoms with Gasteiger partial charge in [0.2, 0.25) is 0 Å². The molecule has 2 nitrogen and oxygen atoms in total. The first kappa shape index (κ1) is 12.6. The molecule has 0 aliphatic rings. The zero-order chi connectivity index (χ0) is 13.6. The summed E-state index contributed by atoms with van der Waals surface area (Å²) >= 11 is 8.73.